The van der Waals surface area contributed by atoms with Gasteiger partial charge in [0.15, 0.2) is 6.29 Å². The van der Waals surface area contributed by atoms with Crippen LogP contribution in [0.2, 0.25) is 0 Å². The van der Waals surface area contributed by atoms with E-state index in [2.05, 4.69) is 21.0 Å². The molecule has 2 heterocycles. The van der Waals surface area contributed by atoms with Crippen molar-refractivity contribution in [3.8, 4) is 5.88 Å². The number of carbonyl (C=O) groups excluding carboxylic acids is 1. The first-order valence-electron chi connectivity index (χ1n) is 3.93. The van der Waals surface area contributed by atoms with E-state index >= 15 is 0 Å². The van der Waals surface area contributed by atoms with Gasteiger partial charge in [0.05, 0.1) is 12.6 Å². The Morgan fingerprint density at radius 2 is 2.29 bits per heavy atom. The van der Waals surface area contributed by atoms with Crippen LogP contribution in [0.15, 0.2) is 22.7 Å². The quantitative estimate of drug-likeness (QED) is 0.770. The molecule has 2 aromatic rings. The number of rotatable bonds is 2. The first-order chi connectivity index (χ1) is 6.74. The van der Waals surface area contributed by atoms with E-state index in [9.17, 15) is 4.79 Å². The molecule has 0 aliphatic rings. The van der Waals surface area contributed by atoms with Crippen LogP contribution < -0.4 is 4.74 Å². The van der Waals surface area contributed by atoms with Gasteiger partial charge in [-0.25, -0.2) is 4.52 Å². The molecule has 0 aliphatic carbocycles. The predicted molar refractivity (Wildman–Crippen MR) is 54.8 cm³/mol. The summed E-state index contributed by atoms with van der Waals surface area (Å²) in [4.78, 5) is 10.5. The maximum absolute atomic E-state index is 10.5. The number of ether oxygens (including phenoxy) is 1. The van der Waals surface area contributed by atoms with Crippen molar-refractivity contribution in [2.45, 2.75) is 0 Å². The number of fused-ring (bicyclic) bond motifs is 1. The molecule has 0 radical (unpaired) electrons. The highest BCUT2D eigenvalue weighted by molar-refractivity contribution is 9.10. The zero-order chi connectivity index (χ0) is 10.1. The molecule has 0 unspecified atom stereocenters. The van der Waals surface area contributed by atoms with Crippen LogP contribution in [0, 0.1) is 0 Å². The van der Waals surface area contributed by atoms with E-state index in [1.54, 1.807) is 23.8 Å². The molecular weight excluding hydrogens is 248 g/mol. The van der Waals surface area contributed by atoms with Crippen molar-refractivity contribution in [3.63, 3.8) is 0 Å². The molecule has 0 bridgehead atoms. The van der Waals surface area contributed by atoms with Crippen molar-refractivity contribution in [1.82, 2.24) is 9.61 Å². The molecule has 0 aliphatic heterocycles. The van der Waals surface area contributed by atoms with Gasteiger partial charge in [0, 0.05) is 10.5 Å². The average Bonchev–Trinajstić information content (AvgIpc) is 2.59. The summed E-state index contributed by atoms with van der Waals surface area (Å²) in [5, 5.41) is 4.05. The predicted octanol–water partition coefficient (Wildman–Crippen LogP) is 1.92. The number of hydrogen-bond acceptors (Lipinski definition) is 3. The highest BCUT2D eigenvalue weighted by Gasteiger charge is 2.06. The van der Waals surface area contributed by atoms with Gasteiger partial charge in [-0.1, -0.05) is 15.9 Å². The third kappa shape index (κ3) is 1.39. The summed E-state index contributed by atoms with van der Waals surface area (Å²) in [6, 6.07) is 5.34. The van der Waals surface area contributed by atoms with Gasteiger partial charge in [0.25, 0.3) is 0 Å². The Kier molecular flexibility index (Phi) is 2.25. The van der Waals surface area contributed by atoms with Crippen LogP contribution >= 0.6 is 15.9 Å². The lowest BCUT2D eigenvalue weighted by Gasteiger charge is -2.02. The molecule has 0 saturated heterocycles. The Bertz CT molecular complexity index is 493. The molecule has 0 N–H and O–H groups in total. The summed E-state index contributed by atoms with van der Waals surface area (Å²) in [7, 11) is 1.56. The highest BCUT2D eigenvalue weighted by atomic mass is 79.9. The minimum Gasteiger partial charge on any atom is -0.481 e. The molecular formula is C9H7BrN2O2. The van der Waals surface area contributed by atoms with E-state index in [1.807, 2.05) is 6.07 Å². The fourth-order valence-corrected chi connectivity index (χ4v) is 1.69. The van der Waals surface area contributed by atoms with Crippen molar-refractivity contribution in [3.05, 3.63) is 28.4 Å². The summed E-state index contributed by atoms with van der Waals surface area (Å²) >= 11 is 3.35. The number of methoxy groups -OCH3 is 1. The molecule has 72 valence electrons. The van der Waals surface area contributed by atoms with Gasteiger partial charge in [-0.3, -0.25) is 4.79 Å². The van der Waals surface area contributed by atoms with Crippen LogP contribution in [0.4, 0.5) is 0 Å². The van der Waals surface area contributed by atoms with E-state index in [4.69, 9.17) is 4.74 Å². The van der Waals surface area contributed by atoms with E-state index in [0.717, 1.165) is 9.99 Å². The van der Waals surface area contributed by atoms with Crippen molar-refractivity contribution in [1.29, 1.82) is 0 Å². The second-order valence-corrected chi connectivity index (χ2v) is 3.66. The maximum Gasteiger partial charge on any atom is 0.215 e. The van der Waals surface area contributed by atoms with Crippen molar-refractivity contribution < 1.29 is 9.53 Å². The van der Waals surface area contributed by atoms with Gasteiger partial charge >= 0.3 is 0 Å². The number of carbonyl (C=O) groups is 1. The van der Waals surface area contributed by atoms with Crippen LogP contribution in [0.5, 0.6) is 5.88 Å². The topological polar surface area (TPSA) is 43.6 Å². The molecule has 2 rings (SSSR count). The Labute approximate surface area is 88.6 Å². The third-order valence-corrected chi connectivity index (χ3v) is 2.30. The van der Waals surface area contributed by atoms with Gasteiger partial charge in [0.1, 0.15) is 5.69 Å². The summed E-state index contributed by atoms with van der Waals surface area (Å²) in [6.07, 6.45) is 0.709. The van der Waals surface area contributed by atoms with E-state index in [1.165, 1.54) is 0 Å². The van der Waals surface area contributed by atoms with Gasteiger partial charge in [-0.15, -0.1) is 0 Å². The lowest BCUT2D eigenvalue weighted by atomic mass is 10.4. The van der Waals surface area contributed by atoms with Crippen LogP contribution in [0.1, 0.15) is 10.5 Å². The highest BCUT2D eigenvalue weighted by Crippen LogP contribution is 2.21. The third-order valence-electron chi connectivity index (χ3n) is 1.84. The standard InChI is InChI=1S/C9H7BrN2O2/c1-14-9-3-6(10)2-8-4-7(5-13)11-12(8)9/h2-5H,1H3. The Morgan fingerprint density at radius 3 is 2.93 bits per heavy atom. The zero-order valence-corrected chi connectivity index (χ0v) is 8.98. The summed E-state index contributed by atoms with van der Waals surface area (Å²) in [6.45, 7) is 0. The zero-order valence-electron chi connectivity index (χ0n) is 7.40. The van der Waals surface area contributed by atoms with E-state index < -0.39 is 0 Å². The molecule has 0 fully saturated rings. The van der Waals surface area contributed by atoms with Gasteiger partial charge in [-0.05, 0) is 12.1 Å². The number of hydrogen-bond donors (Lipinski definition) is 0. The average molecular weight is 255 g/mol. The van der Waals surface area contributed by atoms with Crippen LogP contribution in [0.25, 0.3) is 5.52 Å². The molecule has 0 spiro atoms. The first-order valence-corrected chi connectivity index (χ1v) is 4.72. The van der Waals surface area contributed by atoms with Crippen molar-refractivity contribution >= 4 is 27.7 Å². The molecule has 0 atom stereocenters. The molecule has 14 heavy (non-hydrogen) atoms. The van der Waals surface area contributed by atoms with Crippen molar-refractivity contribution in [2.24, 2.45) is 0 Å². The second-order valence-electron chi connectivity index (χ2n) is 2.74. The lowest BCUT2D eigenvalue weighted by Crippen LogP contribution is -1.95. The molecule has 0 saturated carbocycles. The molecule has 2 aromatic heterocycles. The second kappa shape index (κ2) is 3.42. The van der Waals surface area contributed by atoms with Gasteiger partial charge in [-0.2, -0.15) is 5.10 Å². The normalized spacial score (nSPS) is 10.4. The summed E-state index contributed by atoms with van der Waals surface area (Å²) < 4.78 is 7.59. The molecule has 5 heteroatoms. The lowest BCUT2D eigenvalue weighted by molar-refractivity contribution is 0.111. The number of aldehydes is 1. The minimum absolute atomic E-state index is 0.390. The smallest absolute Gasteiger partial charge is 0.215 e. The molecule has 4 nitrogen and oxygen atoms in total. The Morgan fingerprint density at radius 1 is 1.50 bits per heavy atom. The molecule has 0 amide bonds. The van der Waals surface area contributed by atoms with Crippen molar-refractivity contribution in [2.75, 3.05) is 7.11 Å². The Balaban J connectivity index is 2.77. The van der Waals surface area contributed by atoms with Gasteiger partial charge < -0.3 is 4.74 Å². The SMILES string of the molecule is COc1cc(Br)cc2cc(C=O)nn12. The maximum atomic E-state index is 10.5. The fraction of sp³-hybridized carbons (Fsp3) is 0.111. The Hall–Kier alpha value is -1.36. The number of nitrogens with zero attached hydrogens (tertiary/aromatic N) is 2. The van der Waals surface area contributed by atoms with E-state index in [-0.39, 0.29) is 0 Å². The number of pyridine rings is 1. The fourth-order valence-electron chi connectivity index (χ4n) is 1.26. The minimum atomic E-state index is 0.390. The van der Waals surface area contributed by atoms with Crippen LogP contribution in [0.3, 0.4) is 0 Å². The first kappa shape index (κ1) is 9.21. The monoisotopic (exact) mass is 254 g/mol. The summed E-state index contributed by atoms with van der Waals surface area (Å²) in [5.74, 6) is 0.586. The van der Waals surface area contributed by atoms with Gasteiger partial charge in [0.2, 0.25) is 5.88 Å². The molecule has 0 aromatic carbocycles. The summed E-state index contributed by atoms with van der Waals surface area (Å²) in [5.41, 5.74) is 1.21. The largest absolute Gasteiger partial charge is 0.481 e. The van der Waals surface area contributed by atoms with E-state index in [0.29, 0.717) is 17.9 Å². The van der Waals surface area contributed by atoms with Crippen LogP contribution in [-0.2, 0) is 0 Å². The number of halogens is 1. The van der Waals surface area contributed by atoms with Crippen LogP contribution in [-0.4, -0.2) is 23.0 Å². The number of aromatic nitrogens is 2.